The topological polar surface area (TPSA) is 68.2 Å². The Kier molecular flexibility index (Phi) is 10.1. The van der Waals surface area contributed by atoms with Crippen molar-refractivity contribution >= 4 is 7.32 Å². The number of hydrogen-bond acceptors (Lipinski definition) is 5. The van der Waals surface area contributed by atoms with Gasteiger partial charge < -0.3 is 24.2 Å². The summed E-state index contributed by atoms with van der Waals surface area (Å²) in [6.45, 7) is 6.44. The molecule has 0 heterocycles. The second-order valence-corrected chi connectivity index (χ2v) is 6.75. The normalized spacial score (nSPS) is 10.9. The van der Waals surface area contributed by atoms with Gasteiger partial charge in [0.15, 0.2) is 0 Å². The quantitative estimate of drug-likeness (QED) is 0.396. The molecule has 0 saturated heterocycles. The van der Waals surface area contributed by atoms with Crippen LogP contribution in [0.5, 0.6) is 5.75 Å². The average Bonchev–Trinajstić information content (AvgIpc) is 2.70. The molecule has 0 fully saturated rings. The summed E-state index contributed by atoms with van der Waals surface area (Å²) in [5, 5.41) is 18.9. The molecule has 5 nitrogen and oxygen atoms in total. The minimum Gasteiger partial charge on any atom is -0.511 e. The molecule has 0 amide bonds. The summed E-state index contributed by atoms with van der Waals surface area (Å²) in [5.74, 6) is 0.426. The van der Waals surface area contributed by atoms with E-state index in [1.165, 1.54) is 0 Å². The van der Waals surface area contributed by atoms with Gasteiger partial charge in [0.25, 0.3) is 0 Å². The van der Waals surface area contributed by atoms with Gasteiger partial charge in [-0.1, -0.05) is 57.0 Å². The Morgan fingerprint density at radius 3 is 2.11 bits per heavy atom. The first kappa shape index (κ1) is 22.4. The molecule has 2 N–H and O–H groups in total. The summed E-state index contributed by atoms with van der Waals surface area (Å²) in [5.41, 5.74) is 3.51. The highest BCUT2D eigenvalue weighted by Crippen LogP contribution is 2.35. The molecule has 152 valence electrons. The summed E-state index contributed by atoms with van der Waals surface area (Å²) in [6.07, 6.45) is 4.15. The summed E-state index contributed by atoms with van der Waals surface area (Å²) >= 11 is 0. The van der Waals surface area contributed by atoms with Gasteiger partial charge in [0.2, 0.25) is 0 Å². The van der Waals surface area contributed by atoms with Crippen LogP contribution in [-0.4, -0.2) is 30.6 Å². The molecule has 0 radical (unpaired) electrons. The number of ether oxygens (including phenoxy) is 2. The summed E-state index contributed by atoms with van der Waals surface area (Å²) < 4.78 is 17.0. The first-order valence-corrected chi connectivity index (χ1v) is 10.0. The van der Waals surface area contributed by atoms with E-state index in [-0.39, 0.29) is 0 Å². The third-order valence-corrected chi connectivity index (χ3v) is 4.34. The molecule has 0 saturated carbocycles. The molecule has 0 atom stereocenters. The van der Waals surface area contributed by atoms with Crippen LogP contribution in [-0.2, 0) is 22.7 Å². The van der Waals surface area contributed by atoms with E-state index in [0.717, 1.165) is 47.9 Å². The van der Waals surface area contributed by atoms with Gasteiger partial charge in [-0.2, -0.15) is 0 Å². The smallest absolute Gasteiger partial charge is 0.511 e. The van der Waals surface area contributed by atoms with Gasteiger partial charge in [0.05, 0.1) is 13.2 Å². The van der Waals surface area contributed by atoms with Crippen molar-refractivity contribution in [1.82, 2.24) is 0 Å². The van der Waals surface area contributed by atoms with Crippen molar-refractivity contribution in [3.63, 3.8) is 0 Å². The van der Waals surface area contributed by atoms with Crippen molar-refractivity contribution in [1.29, 1.82) is 0 Å². The lowest BCUT2D eigenvalue weighted by atomic mass is 9.97. The van der Waals surface area contributed by atoms with Crippen LogP contribution in [0.2, 0.25) is 0 Å². The fraction of sp³-hybridized carbons (Fsp3) is 0.455. The zero-order valence-electron chi connectivity index (χ0n) is 16.9. The molecule has 0 spiro atoms. The molecule has 2 aromatic carbocycles. The lowest BCUT2D eigenvalue weighted by molar-refractivity contribution is 0.113. The number of hydrogen-bond donors (Lipinski definition) is 2. The third kappa shape index (κ3) is 7.28. The number of rotatable bonds is 13. The van der Waals surface area contributed by atoms with Gasteiger partial charge in [-0.3, -0.25) is 0 Å². The van der Waals surface area contributed by atoms with Crippen LogP contribution in [0.3, 0.4) is 0 Å². The predicted octanol–water partition coefficient (Wildman–Crippen LogP) is 4.34. The van der Waals surface area contributed by atoms with E-state index in [0.29, 0.717) is 32.2 Å². The van der Waals surface area contributed by atoms with Crippen LogP contribution < -0.4 is 4.65 Å². The Hall–Kier alpha value is -1.86. The highest BCUT2D eigenvalue weighted by atomic mass is 16.6. The zero-order chi connectivity index (χ0) is 20.2. The molecule has 0 bridgehead atoms. The van der Waals surface area contributed by atoms with Gasteiger partial charge in [-0.05, 0) is 36.1 Å². The second-order valence-electron chi connectivity index (χ2n) is 6.75. The van der Waals surface area contributed by atoms with Crippen LogP contribution in [0, 0.1) is 0 Å². The van der Waals surface area contributed by atoms with Crippen molar-refractivity contribution in [2.45, 2.75) is 52.7 Å². The molecular weight excluding hydrogens is 355 g/mol. The largest absolute Gasteiger partial charge is 0.707 e. The average molecular weight is 386 g/mol. The van der Waals surface area contributed by atoms with Crippen LogP contribution in [0.15, 0.2) is 42.5 Å². The van der Waals surface area contributed by atoms with Crippen molar-refractivity contribution in [3.8, 4) is 16.9 Å². The molecule has 0 unspecified atom stereocenters. The maximum atomic E-state index is 9.45. The fourth-order valence-corrected chi connectivity index (χ4v) is 2.89. The highest BCUT2D eigenvalue weighted by molar-refractivity contribution is 6.34. The van der Waals surface area contributed by atoms with Crippen LogP contribution in [0.25, 0.3) is 11.1 Å². The van der Waals surface area contributed by atoms with E-state index >= 15 is 0 Å². The summed E-state index contributed by atoms with van der Waals surface area (Å²) in [4.78, 5) is 0. The Morgan fingerprint density at radius 2 is 1.50 bits per heavy atom. The molecule has 6 heteroatoms. The van der Waals surface area contributed by atoms with Gasteiger partial charge in [0, 0.05) is 24.3 Å². The molecule has 2 aromatic rings. The van der Waals surface area contributed by atoms with Gasteiger partial charge in [0.1, 0.15) is 5.75 Å². The van der Waals surface area contributed by atoms with E-state index in [1.807, 2.05) is 42.5 Å². The predicted molar refractivity (Wildman–Crippen MR) is 112 cm³/mol. The lowest BCUT2D eigenvalue weighted by Crippen LogP contribution is -2.22. The lowest BCUT2D eigenvalue weighted by Gasteiger charge is -2.19. The summed E-state index contributed by atoms with van der Waals surface area (Å²) in [6, 6.07) is 13.7. The van der Waals surface area contributed by atoms with Crippen LogP contribution >= 0.6 is 0 Å². The molecular formula is C22H31BO5. The monoisotopic (exact) mass is 386 g/mol. The molecule has 0 aromatic heterocycles. The van der Waals surface area contributed by atoms with Crippen molar-refractivity contribution < 1.29 is 24.2 Å². The van der Waals surface area contributed by atoms with Crippen LogP contribution in [0.1, 0.15) is 50.7 Å². The van der Waals surface area contributed by atoms with Crippen LogP contribution in [0.4, 0.5) is 0 Å². The van der Waals surface area contributed by atoms with E-state index in [2.05, 4.69) is 13.8 Å². The standard InChI is InChI=1S/C22H31BO5/c1-3-5-12-26-16-18-14-20(17-27-13-6-4-2)22(28-23(24)25)21(15-18)19-10-8-7-9-11-19/h7-11,14-15,24-25H,3-6,12-13,16-17H2,1-2H3. The minimum atomic E-state index is -1.90. The molecule has 0 aliphatic carbocycles. The second kappa shape index (κ2) is 12.6. The summed E-state index contributed by atoms with van der Waals surface area (Å²) in [7, 11) is -1.90. The van der Waals surface area contributed by atoms with E-state index in [9.17, 15) is 10.0 Å². The fourth-order valence-electron chi connectivity index (χ4n) is 2.89. The SMILES string of the molecule is CCCCOCc1cc(COCCCC)c(OB(O)O)c(-c2ccccc2)c1. The first-order valence-electron chi connectivity index (χ1n) is 10.0. The third-order valence-electron chi connectivity index (χ3n) is 4.34. The zero-order valence-corrected chi connectivity index (χ0v) is 16.9. The highest BCUT2D eigenvalue weighted by Gasteiger charge is 2.20. The Bertz CT molecular complexity index is 691. The molecule has 2 rings (SSSR count). The Labute approximate surface area is 168 Å². The van der Waals surface area contributed by atoms with Gasteiger partial charge in [-0.15, -0.1) is 0 Å². The Balaban J connectivity index is 2.36. The number of unbranched alkanes of at least 4 members (excludes halogenated alkanes) is 2. The van der Waals surface area contributed by atoms with E-state index in [4.69, 9.17) is 14.1 Å². The minimum absolute atomic E-state index is 0.338. The maximum absolute atomic E-state index is 9.45. The van der Waals surface area contributed by atoms with Gasteiger partial charge >= 0.3 is 7.32 Å². The molecule has 0 aliphatic rings. The molecule has 28 heavy (non-hydrogen) atoms. The van der Waals surface area contributed by atoms with Crippen molar-refractivity contribution in [3.05, 3.63) is 53.6 Å². The number of benzene rings is 2. The maximum Gasteiger partial charge on any atom is 0.707 e. The Morgan fingerprint density at radius 1 is 0.857 bits per heavy atom. The van der Waals surface area contributed by atoms with Crippen molar-refractivity contribution in [2.24, 2.45) is 0 Å². The first-order chi connectivity index (χ1) is 13.7. The van der Waals surface area contributed by atoms with E-state index < -0.39 is 7.32 Å². The van der Waals surface area contributed by atoms with Crippen molar-refractivity contribution in [2.75, 3.05) is 13.2 Å². The molecule has 0 aliphatic heterocycles. The van der Waals surface area contributed by atoms with E-state index in [1.54, 1.807) is 0 Å². The van der Waals surface area contributed by atoms with Gasteiger partial charge in [-0.25, -0.2) is 0 Å².